The third-order valence-corrected chi connectivity index (χ3v) is 6.03. The van der Waals surface area contributed by atoms with Crippen LogP contribution in [0.25, 0.3) is 11.1 Å². The summed E-state index contributed by atoms with van der Waals surface area (Å²) in [6.45, 7) is 6.26. The fourth-order valence-electron chi connectivity index (χ4n) is 4.39. The molecule has 0 spiro atoms. The molecule has 0 N–H and O–H groups in total. The van der Waals surface area contributed by atoms with E-state index >= 15 is 0 Å². The molecule has 1 unspecified atom stereocenters. The number of hydrogen-bond acceptors (Lipinski definition) is 5. The van der Waals surface area contributed by atoms with E-state index in [9.17, 15) is 4.79 Å². The van der Waals surface area contributed by atoms with E-state index in [4.69, 9.17) is 14.2 Å². The summed E-state index contributed by atoms with van der Waals surface area (Å²) in [5.74, 6) is 1.36. The van der Waals surface area contributed by atoms with Gasteiger partial charge in [-0.05, 0) is 85.7 Å². The van der Waals surface area contributed by atoms with Crippen molar-refractivity contribution in [2.75, 3.05) is 20.8 Å². The van der Waals surface area contributed by atoms with Gasteiger partial charge < -0.3 is 19.1 Å². The van der Waals surface area contributed by atoms with Gasteiger partial charge in [-0.25, -0.2) is 4.79 Å². The van der Waals surface area contributed by atoms with E-state index < -0.39 is 5.60 Å². The van der Waals surface area contributed by atoms with Crippen LogP contribution in [-0.4, -0.2) is 42.3 Å². The van der Waals surface area contributed by atoms with Crippen LogP contribution in [0.5, 0.6) is 11.5 Å². The maximum atomic E-state index is 13.2. The molecule has 2 aromatic carbocycles. The van der Waals surface area contributed by atoms with Crippen LogP contribution >= 0.6 is 0 Å². The SMILES string of the molecule is COc1cc2c(cc1OC)C(Cc1ccc(-c3ccncc3)cc1)N(C(=O)OC(C)(C)C)CC2. The molecule has 1 aromatic heterocycles. The third-order valence-electron chi connectivity index (χ3n) is 6.03. The second kappa shape index (κ2) is 9.75. The lowest BCUT2D eigenvalue weighted by Crippen LogP contribution is -2.43. The predicted molar refractivity (Wildman–Crippen MR) is 132 cm³/mol. The molecule has 3 aromatic rings. The van der Waals surface area contributed by atoms with E-state index in [2.05, 4.69) is 29.2 Å². The number of carbonyl (C=O) groups is 1. The number of methoxy groups -OCH3 is 2. The number of hydrogen-bond donors (Lipinski definition) is 0. The normalized spacial score (nSPS) is 15.4. The maximum Gasteiger partial charge on any atom is 0.410 e. The molecule has 1 atom stereocenters. The van der Waals surface area contributed by atoms with Crippen molar-refractivity contribution in [2.24, 2.45) is 0 Å². The molecule has 0 radical (unpaired) electrons. The molecule has 0 bridgehead atoms. The van der Waals surface area contributed by atoms with Gasteiger partial charge in [0.2, 0.25) is 0 Å². The Morgan fingerprint density at radius 2 is 1.59 bits per heavy atom. The summed E-state index contributed by atoms with van der Waals surface area (Å²) >= 11 is 0. The summed E-state index contributed by atoms with van der Waals surface area (Å²) in [5.41, 5.74) is 5.05. The highest BCUT2D eigenvalue weighted by molar-refractivity contribution is 5.70. The van der Waals surface area contributed by atoms with E-state index in [-0.39, 0.29) is 12.1 Å². The number of nitrogens with zero attached hydrogens (tertiary/aromatic N) is 2. The minimum Gasteiger partial charge on any atom is -0.493 e. The Hall–Kier alpha value is -3.54. The van der Waals surface area contributed by atoms with Gasteiger partial charge in [0.25, 0.3) is 0 Å². The summed E-state index contributed by atoms with van der Waals surface area (Å²) in [4.78, 5) is 19.1. The summed E-state index contributed by atoms with van der Waals surface area (Å²) < 4.78 is 16.9. The van der Waals surface area contributed by atoms with Crippen molar-refractivity contribution in [3.63, 3.8) is 0 Å². The Kier molecular flexibility index (Phi) is 6.77. The summed E-state index contributed by atoms with van der Waals surface area (Å²) in [6.07, 6.45) is 4.68. The molecule has 1 aliphatic rings. The first kappa shape index (κ1) is 23.6. The monoisotopic (exact) mass is 460 g/mol. The molecule has 178 valence electrons. The zero-order chi connectivity index (χ0) is 24.3. The van der Waals surface area contributed by atoms with Crippen LogP contribution in [0.1, 0.15) is 43.5 Å². The molecule has 0 fully saturated rings. The van der Waals surface area contributed by atoms with Crippen LogP contribution in [0, 0.1) is 0 Å². The van der Waals surface area contributed by atoms with E-state index in [1.54, 1.807) is 26.6 Å². The van der Waals surface area contributed by atoms with Gasteiger partial charge in [-0.2, -0.15) is 0 Å². The van der Waals surface area contributed by atoms with Crippen LogP contribution in [0.4, 0.5) is 4.79 Å². The van der Waals surface area contributed by atoms with Gasteiger partial charge in [-0.3, -0.25) is 4.98 Å². The van der Waals surface area contributed by atoms with E-state index in [1.165, 1.54) is 0 Å². The lowest BCUT2D eigenvalue weighted by molar-refractivity contribution is 0.0141. The summed E-state index contributed by atoms with van der Waals surface area (Å²) in [6, 6.07) is 16.3. The zero-order valence-corrected chi connectivity index (χ0v) is 20.5. The van der Waals surface area contributed by atoms with Crippen molar-refractivity contribution < 1.29 is 19.0 Å². The number of ether oxygens (including phenoxy) is 3. The van der Waals surface area contributed by atoms with Gasteiger partial charge in [-0.1, -0.05) is 24.3 Å². The number of carbonyl (C=O) groups excluding carboxylic acids is 1. The molecule has 1 aliphatic heterocycles. The van der Waals surface area contributed by atoms with Gasteiger partial charge in [0, 0.05) is 18.9 Å². The molecule has 6 nitrogen and oxygen atoms in total. The smallest absolute Gasteiger partial charge is 0.410 e. The van der Waals surface area contributed by atoms with Crippen molar-refractivity contribution in [3.05, 3.63) is 77.6 Å². The Labute approximate surface area is 201 Å². The molecule has 2 heterocycles. The van der Waals surface area contributed by atoms with Gasteiger partial charge in [0.05, 0.1) is 20.3 Å². The Balaban J connectivity index is 1.69. The summed E-state index contributed by atoms with van der Waals surface area (Å²) in [5, 5.41) is 0. The highest BCUT2D eigenvalue weighted by Crippen LogP contribution is 2.40. The van der Waals surface area contributed by atoms with E-state index in [0.29, 0.717) is 24.5 Å². The number of benzene rings is 2. The van der Waals surface area contributed by atoms with Crippen LogP contribution in [-0.2, 0) is 17.6 Å². The lowest BCUT2D eigenvalue weighted by Gasteiger charge is -2.38. The molecule has 0 saturated heterocycles. The first-order valence-electron chi connectivity index (χ1n) is 11.5. The molecule has 6 heteroatoms. The van der Waals surface area contributed by atoms with Crippen LogP contribution < -0.4 is 9.47 Å². The molecule has 0 saturated carbocycles. The van der Waals surface area contributed by atoms with Crippen molar-refractivity contribution in [1.82, 2.24) is 9.88 Å². The molecule has 34 heavy (non-hydrogen) atoms. The van der Waals surface area contributed by atoms with Gasteiger partial charge in [0.1, 0.15) is 5.60 Å². The van der Waals surface area contributed by atoms with Crippen LogP contribution in [0.2, 0.25) is 0 Å². The van der Waals surface area contributed by atoms with Crippen molar-refractivity contribution in [2.45, 2.75) is 45.3 Å². The van der Waals surface area contributed by atoms with Crippen LogP contribution in [0.15, 0.2) is 60.9 Å². The van der Waals surface area contributed by atoms with E-state index in [1.807, 2.05) is 49.9 Å². The largest absolute Gasteiger partial charge is 0.493 e. The first-order valence-corrected chi connectivity index (χ1v) is 11.5. The topological polar surface area (TPSA) is 60.9 Å². The Bertz CT molecular complexity index is 1140. The third kappa shape index (κ3) is 5.16. The summed E-state index contributed by atoms with van der Waals surface area (Å²) in [7, 11) is 3.27. The molecule has 0 aliphatic carbocycles. The lowest BCUT2D eigenvalue weighted by atomic mass is 9.88. The van der Waals surface area contributed by atoms with Crippen LogP contribution in [0.3, 0.4) is 0 Å². The van der Waals surface area contributed by atoms with Gasteiger partial charge in [-0.15, -0.1) is 0 Å². The maximum absolute atomic E-state index is 13.2. The number of amides is 1. The fourth-order valence-corrected chi connectivity index (χ4v) is 4.39. The van der Waals surface area contributed by atoms with Crippen molar-refractivity contribution >= 4 is 6.09 Å². The van der Waals surface area contributed by atoms with Gasteiger partial charge >= 0.3 is 6.09 Å². The number of rotatable bonds is 5. The van der Waals surface area contributed by atoms with Crippen molar-refractivity contribution in [1.29, 1.82) is 0 Å². The average molecular weight is 461 g/mol. The standard InChI is InChI=1S/C28H32N2O4/c1-28(2,3)34-27(31)30-15-12-22-17-25(32-4)26(33-5)18-23(22)24(30)16-19-6-8-20(9-7-19)21-10-13-29-14-11-21/h6-11,13-14,17-18,24H,12,15-16H2,1-5H3. The second-order valence-electron chi connectivity index (χ2n) is 9.48. The van der Waals surface area contributed by atoms with Gasteiger partial charge in [0.15, 0.2) is 11.5 Å². The Morgan fingerprint density at radius 1 is 0.971 bits per heavy atom. The number of aromatic nitrogens is 1. The molecular weight excluding hydrogens is 428 g/mol. The Morgan fingerprint density at radius 3 is 2.21 bits per heavy atom. The quantitative estimate of drug-likeness (QED) is 0.478. The minimum atomic E-state index is -0.564. The minimum absolute atomic E-state index is 0.176. The number of fused-ring (bicyclic) bond motifs is 1. The highest BCUT2D eigenvalue weighted by Gasteiger charge is 2.34. The second-order valence-corrected chi connectivity index (χ2v) is 9.48. The predicted octanol–water partition coefficient (Wildman–Crippen LogP) is 5.84. The average Bonchev–Trinajstić information content (AvgIpc) is 2.83. The van der Waals surface area contributed by atoms with E-state index in [0.717, 1.165) is 34.2 Å². The first-order chi connectivity index (χ1) is 16.3. The fraction of sp³-hybridized carbons (Fsp3) is 0.357. The molecule has 4 rings (SSSR count). The number of pyridine rings is 1. The molecular formula is C28H32N2O4. The van der Waals surface area contributed by atoms with Crippen molar-refractivity contribution in [3.8, 4) is 22.6 Å². The molecule has 1 amide bonds. The zero-order valence-electron chi connectivity index (χ0n) is 20.5. The highest BCUT2D eigenvalue weighted by atomic mass is 16.6.